The van der Waals surface area contributed by atoms with Crippen LogP contribution in [0.5, 0.6) is 0 Å². The fourth-order valence-electron chi connectivity index (χ4n) is 1.07. The summed E-state index contributed by atoms with van der Waals surface area (Å²) >= 11 is 6.69. The smallest absolute Gasteiger partial charge is 0.183 e. The molecule has 0 aromatic carbocycles. The summed E-state index contributed by atoms with van der Waals surface area (Å²) in [5.41, 5.74) is 0. The van der Waals surface area contributed by atoms with E-state index < -0.39 is 0 Å². The Morgan fingerprint density at radius 1 is 1.47 bits per heavy atom. The van der Waals surface area contributed by atoms with Crippen molar-refractivity contribution >= 4 is 31.9 Å². The molecule has 0 amide bonds. The highest BCUT2D eigenvalue weighted by molar-refractivity contribution is 9.13. The Balaban J connectivity index is 2.32. The third-order valence-corrected chi connectivity index (χ3v) is 4.03. The molecule has 0 spiro atoms. The summed E-state index contributed by atoms with van der Waals surface area (Å²) in [7, 11) is 4.15. The molecule has 1 aromatic heterocycles. The van der Waals surface area contributed by atoms with Crippen LogP contribution in [0, 0.1) is 0 Å². The number of likely N-dealkylation sites (N-methyl/N-ethyl adjacent to an activating group) is 1. The van der Waals surface area contributed by atoms with E-state index in [2.05, 4.69) is 63.1 Å². The SMILES string of the molecule is CC(CNCc1cc(Br)c(Br)o1)N(C)C. The van der Waals surface area contributed by atoms with Crippen LogP contribution >= 0.6 is 31.9 Å². The van der Waals surface area contributed by atoms with Gasteiger partial charge < -0.3 is 14.6 Å². The van der Waals surface area contributed by atoms with Gasteiger partial charge in [0.2, 0.25) is 0 Å². The van der Waals surface area contributed by atoms with Crippen molar-refractivity contribution in [2.24, 2.45) is 0 Å². The van der Waals surface area contributed by atoms with Crippen molar-refractivity contribution in [2.45, 2.75) is 19.5 Å². The number of hydrogen-bond acceptors (Lipinski definition) is 3. The van der Waals surface area contributed by atoms with Gasteiger partial charge >= 0.3 is 0 Å². The second-order valence-electron chi connectivity index (χ2n) is 3.78. The van der Waals surface area contributed by atoms with Crippen molar-refractivity contribution in [3.63, 3.8) is 0 Å². The van der Waals surface area contributed by atoms with Gasteiger partial charge in [0.1, 0.15) is 5.76 Å². The maximum Gasteiger partial charge on any atom is 0.183 e. The van der Waals surface area contributed by atoms with Crippen molar-refractivity contribution in [1.82, 2.24) is 10.2 Å². The van der Waals surface area contributed by atoms with E-state index >= 15 is 0 Å². The molecule has 1 atom stereocenters. The molecule has 1 unspecified atom stereocenters. The number of nitrogens with one attached hydrogen (secondary N) is 1. The average Bonchev–Trinajstić information content (AvgIpc) is 2.46. The largest absolute Gasteiger partial charge is 0.452 e. The van der Waals surface area contributed by atoms with Gasteiger partial charge in [-0.25, -0.2) is 0 Å². The lowest BCUT2D eigenvalue weighted by Crippen LogP contribution is -2.35. The normalized spacial score (nSPS) is 13.5. The average molecular weight is 340 g/mol. The molecule has 1 aromatic rings. The maximum absolute atomic E-state index is 5.45. The molecule has 1 N–H and O–H groups in total. The van der Waals surface area contributed by atoms with Gasteiger partial charge in [-0.1, -0.05) is 0 Å². The lowest BCUT2D eigenvalue weighted by atomic mass is 10.3. The van der Waals surface area contributed by atoms with Gasteiger partial charge in [0.25, 0.3) is 0 Å². The molecule has 0 aliphatic carbocycles. The third kappa shape index (κ3) is 4.26. The summed E-state index contributed by atoms with van der Waals surface area (Å²) in [6, 6.07) is 2.49. The van der Waals surface area contributed by atoms with Crippen LogP contribution in [-0.4, -0.2) is 31.6 Å². The van der Waals surface area contributed by atoms with Gasteiger partial charge in [-0.3, -0.25) is 0 Å². The van der Waals surface area contributed by atoms with E-state index in [1.54, 1.807) is 0 Å². The van der Waals surface area contributed by atoms with E-state index in [9.17, 15) is 0 Å². The Morgan fingerprint density at radius 3 is 2.60 bits per heavy atom. The number of rotatable bonds is 5. The number of hydrogen-bond donors (Lipinski definition) is 1. The first-order valence-electron chi connectivity index (χ1n) is 4.81. The van der Waals surface area contributed by atoms with E-state index in [1.165, 1.54) is 0 Å². The van der Waals surface area contributed by atoms with Crippen LogP contribution in [0.4, 0.5) is 0 Å². The predicted molar refractivity (Wildman–Crippen MR) is 69.0 cm³/mol. The molecular weight excluding hydrogens is 324 g/mol. The highest BCUT2D eigenvalue weighted by Gasteiger charge is 2.07. The molecule has 0 saturated carbocycles. The topological polar surface area (TPSA) is 28.4 Å². The van der Waals surface area contributed by atoms with E-state index in [4.69, 9.17) is 4.42 Å². The summed E-state index contributed by atoms with van der Waals surface area (Å²) in [6.45, 7) is 3.88. The standard InChI is InChI=1S/C10H16Br2N2O/c1-7(14(2)3)5-13-6-8-4-9(11)10(12)15-8/h4,7,13H,5-6H2,1-3H3. The predicted octanol–water partition coefficient (Wildman–Crippen LogP) is 2.84. The minimum Gasteiger partial charge on any atom is -0.452 e. The van der Waals surface area contributed by atoms with E-state index in [-0.39, 0.29) is 0 Å². The molecule has 0 aliphatic heterocycles. The second-order valence-corrected chi connectivity index (χ2v) is 5.35. The minimum atomic E-state index is 0.520. The molecule has 5 heteroatoms. The van der Waals surface area contributed by atoms with Crippen LogP contribution in [0.25, 0.3) is 0 Å². The van der Waals surface area contributed by atoms with Crippen LogP contribution < -0.4 is 5.32 Å². The number of nitrogens with zero attached hydrogens (tertiary/aromatic N) is 1. The van der Waals surface area contributed by atoms with Crippen molar-refractivity contribution in [2.75, 3.05) is 20.6 Å². The molecular formula is C10H16Br2N2O. The molecule has 1 heterocycles. The summed E-state index contributed by atoms with van der Waals surface area (Å²) in [5.74, 6) is 0.930. The van der Waals surface area contributed by atoms with Gasteiger partial charge in [-0.2, -0.15) is 0 Å². The molecule has 0 fully saturated rings. The fraction of sp³-hybridized carbons (Fsp3) is 0.600. The monoisotopic (exact) mass is 338 g/mol. The van der Waals surface area contributed by atoms with Crippen molar-refractivity contribution in [1.29, 1.82) is 0 Å². The Morgan fingerprint density at radius 2 is 2.13 bits per heavy atom. The highest BCUT2D eigenvalue weighted by Crippen LogP contribution is 2.26. The van der Waals surface area contributed by atoms with Gasteiger partial charge in [-0.15, -0.1) is 0 Å². The summed E-state index contributed by atoms with van der Waals surface area (Å²) in [5, 5.41) is 3.35. The Hall–Kier alpha value is 0.160. The molecule has 0 aliphatic rings. The summed E-state index contributed by atoms with van der Waals surface area (Å²) in [4.78, 5) is 2.18. The zero-order valence-electron chi connectivity index (χ0n) is 9.18. The van der Waals surface area contributed by atoms with Crippen LogP contribution in [0.1, 0.15) is 12.7 Å². The molecule has 15 heavy (non-hydrogen) atoms. The first-order chi connectivity index (χ1) is 7.00. The van der Waals surface area contributed by atoms with Crippen LogP contribution in [0.3, 0.4) is 0 Å². The molecule has 0 radical (unpaired) electrons. The molecule has 0 bridgehead atoms. The summed E-state index contributed by atoms with van der Waals surface area (Å²) < 4.78 is 7.16. The van der Waals surface area contributed by atoms with Crippen molar-refractivity contribution in [3.05, 3.63) is 21.0 Å². The van der Waals surface area contributed by atoms with E-state index in [0.29, 0.717) is 6.04 Å². The quantitative estimate of drug-likeness (QED) is 0.894. The number of halogens is 2. The zero-order chi connectivity index (χ0) is 11.4. The van der Waals surface area contributed by atoms with E-state index in [0.717, 1.165) is 28.0 Å². The third-order valence-electron chi connectivity index (χ3n) is 2.32. The Labute approximate surface area is 107 Å². The molecule has 86 valence electrons. The molecule has 0 saturated heterocycles. The lowest BCUT2D eigenvalue weighted by Gasteiger charge is -2.19. The fourth-order valence-corrected chi connectivity index (χ4v) is 1.72. The minimum absolute atomic E-state index is 0.520. The maximum atomic E-state index is 5.45. The zero-order valence-corrected chi connectivity index (χ0v) is 12.4. The van der Waals surface area contributed by atoms with Crippen LogP contribution in [-0.2, 0) is 6.54 Å². The van der Waals surface area contributed by atoms with E-state index in [1.807, 2.05) is 6.07 Å². The first-order valence-corrected chi connectivity index (χ1v) is 6.40. The van der Waals surface area contributed by atoms with Gasteiger partial charge in [-0.05, 0) is 58.9 Å². The van der Waals surface area contributed by atoms with Gasteiger partial charge in [0.05, 0.1) is 11.0 Å². The molecule has 1 rings (SSSR count). The van der Waals surface area contributed by atoms with Crippen molar-refractivity contribution in [3.8, 4) is 0 Å². The molecule has 3 nitrogen and oxygen atoms in total. The van der Waals surface area contributed by atoms with Crippen molar-refractivity contribution < 1.29 is 4.42 Å². The first kappa shape index (κ1) is 13.2. The van der Waals surface area contributed by atoms with Gasteiger partial charge in [0.15, 0.2) is 4.67 Å². The lowest BCUT2D eigenvalue weighted by molar-refractivity contribution is 0.299. The Kier molecular flexibility index (Phi) is 5.32. The number of furan rings is 1. The Bertz CT molecular complexity index is 293. The van der Waals surface area contributed by atoms with Gasteiger partial charge in [0, 0.05) is 12.6 Å². The summed E-state index contributed by atoms with van der Waals surface area (Å²) in [6.07, 6.45) is 0. The van der Waals surface area contributed by atoms with Crippen LogP contribution in [0.15, 0.2) is 19.6 Å². The highest BCUT2D eigenvalue weighted by atomic mass is 79.9. The second kappa shape index (κ2) is 6.03. The van der Waals surface area contributed by atoms with Crippen LogP contribution in [0.2, 0.25) is 0 Å².